The molecule has 0 spiro atoms. The second kappa shape index (κ2) is 9.09. The van der Waals surface area contributed by atoms with E-state index in [-0.39, 0.29) is 11.8 Å². The average molecular weight is 399 g/mol. The molecule has 2 heteroatoms. The van der Waals surface area contributed by atoms with E-state index in [2.05, 4.69) is 36.4 Å². The van der Waals surface area contributed by atoms with Crippen molar-refractivity contribution in [2.45, 2.75) is 17.9 Å². The van der Waals surface area contributed by atoms with Crippen LogP contribution in [0.3, 0.4) is 0 Å². The van der Waals surface area contributed by atoms with E-state index >= 15 is 0 Å². The standard InChI is InChI=1S/C27H23ClO/c28-24-18-16-23(17-19-24)26(22-14-8-3-9-15-22)27(29)25(20-10-4-1-5-11-20)21-12-6-2-7-13-21/h1-19,25-27,29H. The molecule has 0 bridgehead atoms. The summed E-state index contributed by atoms with van der Waals surface area (Å²) in [5.41, 5.74) is 4.33. The Bertz CT molecular complexity index is 975. The van der Waals surface area contributed by atoms with E-state index in [1.165, 1.54) is 0 Å². The van der Waals surface area contributed by atoms with Crippen LogP contribution in [0.5, 0.6) is 0 Å². The Hall–Kier alpha value is -2.87. The number of halogens is 1. The van der Waals surface area contributed by atoms with Gasteiger partial charge in [0.25, 0.3) is 0 Å². The molecule has 0 saturated carbocycles. The molecule has 0 saturated heterocycles. The van der Waals surface area contributed by atoms with Gasteiger partial charge in [0.05, 0.1) is 6.10 Å². The molecule has 2 atom stereocenters. The summed E-state index contributed by atoms with van der Waals surface area (Å²) in [6.45, 7) is 0. The Kier molecular flexibility index (Phi) is 6.09. The second-order valence-electron chi connectivity index (χ2n) is 7.23. The van der Waals surface area contributed by atoms with E-state index in [0.29, 0.717) is 5.02 Å². The smallest absolute Gasteiger partial charge is 0.0758 e. The maximum atomic E-state index is 11.8. The summed E-state index contributed by atoms with van der Waals surface area (Å²) in [5.74, 6) is -0.336. The van der Waals surface area contributed by atoms with Crippen LogP contribution in [0.25, 0.3) is 0 Å². The van der Waals surface area contributed by atoms with Gasteiger partial charge < -0.3 is 5.11 Å². The highest BCUT2D eigenvalue weighted by Gasteiger charge is 2.32. The molecule has 0 heterocycles. The fraction of sp³-hybridized carbons (Fsp3) is 0.111. The Morgan fingerprint density at radius 1 is 0.448 bits per heavy atom. The predicted molar refractivity (Wildman–Crippen MR) is 120 cm³/mol. The molecular formula is C27H23ClO. The van der Waals surface area contributed by atoms with Gasteiger partial charge in [-0.3, -0.25) is 0 Å². The van der Waals surface area contributed by atoms with Gasteiger partial charge in [0.2, 0.25) is 0 Å². The maximum Gasteiger partial charge on any atom is 0.0758 e. The van der Waals surface area contributed by atoms with Crippen LogP contribution in [0.15, 0.2) is 115 Å². The van der Waals surface area contributed by atoms with Gasteiger partial charge in [-0.2, -0.15) is 0 Å². The van der Waals surface area contributed by atoms with E-state index in [4.69, 9.17) is 11.6 Å². The SMILES string of the molecule is OC(C(c1ccccc1)c1ccccc1)C(c1ccccc1)c1ccc(Cl)cc1. The first kappa shape index (κ1) is 19.4. The number of benzene rings is 4. The van der Waals surface area contributed by atoms with Crippen molar-refractivity contribution >= 4 is 11.6 Å². The van der Waals surface area contributed by atoms with Crippen LogP contribution in [0.4, 0.5) is 0 Å². The summed E-state index contributed by atoms with van der Waals surface area (Å²) < 4.78 is 0. The minimum Gasteiger partial charge on any atom is -0.391 e. The van der Waals surface area contributed by atoms with Crippen LogP contribution in [0.2, 0.25) is 5.02 Å². The van der Waals surface area contributed by atoms with Crippen LogP contribution in [-0.2, 0) is 0 Å². The molecule has 0 aliphatic carbocycles. The van der Waals surface area contributed by atoms with Gasteiger partial charge in [-0.05, 0) is 34.4 Å². The van der Waals surface area contributed by atoms with Gasteiger partial charge >= 0.3 is 0 Å². The lowest BCUT2D eigenvalue weighted by molar-refractivity contribution is 0.138. The van der Waals surface area contributed by atoms with Crippen LogP contribution in [-0.4, -0.2) is 11.2 Å². The monoisotopic (exact) mass is 398 g/mol. The molecule has 4 rings (SSSR count). The van der Waals surface area contributed by atoms with E-state index < -0.39 is 6.10 Å². The lowest BCUT2D eigenvalue weighted by atomic mass is 9.76. The number of aliphatic hydroxyl groups is 1. The Morgan fingerprint density at radius 3 is 1.10 bits per heavy atom. The lowest BCUT2D eigenvalue weighted by Gasteiger charge is -2.31. The van der Waals surface area contributed by atoms with Crippen molar-refractivity contribution < 1.29 is 5.11 Å². The third-order valence-electron chi connectivity index (χ3n) is 5.39. The zero-order valence-corrected chi connectivity index (χ0v) is 16.8. The first-order chi connectivity index (χ1) is 14.2. The number of rotatable bonds is 6. The highest BCUT2D eigenvalue weighted by Crippen LogP contribution is 2.39. The first-order valence-corrected chi connectivity index (χ1v) is 10.2. The fourth-order valence-electron chi connectivity index (χ4n) is 4.02. The van der Waals surface area contributed by atoms with Crippen molar-refractivity contribution in [3.05, 3.63) is 143 Å². The van der Waals surface area contributed by atoms with E-state index in [9.17, 15) is 5.11 Å². The van der Waals surface area contributed by atoms with Crippen LogP contribution in [0.1, 0.15) is 34.1 Å². The number of hydrogen-bond donors (Lipinski definition) is 1. The molecule has 0 aliphatic rings. The van der Waals surface area contributed by atoms with Gasteiger partial charge in [-0.15, -0.1) is 0 Å². The van der Waals surface area contributed by atoms with Gasteiger partial charge in [-0.25, -0.2) is 0 Å². The normalized spacial score (nSPS) is 13.2. The molecule has 144 valence electrons. The largest absolute Gasteiger partial charge is 0.391 e. The highest BCUT2D eigenvalue weighted by atomic mass is 35.5. The lowest BCUT2D eigenvalue weighted by Crippen LogP contribution is -2.28. The zero-order chi connectivity index (χ0) is 20.1. The van der Waals surface area contributed by atoms with Crippen LogP contribution in [0, 0.1) is 0 Å². The first-order valence-electron chi connectivity index (χ1n) is 9.82. The van der Waals surface area contributed by atoms with Crippen molar-refractivity contribution in [1.29, 1.82) is 0 Å². The highest BCUT2D eigenvalue weighted by molar-refractivity contribution is 6.30. The number of hydrogen-bond acceptors (Lipinski definition) is 1. The van der Waals surface area contributed by atoms with Crippen molar-refractivity contribution in [3.8, 4) is 0 Å². The second-order valence-corrected chi connectivity index (χ2v) is 7.67. The molecule has 0 amide bonds. The van der Waals surface area contributed by atoms with E-state index in [0.717, 1.165) is 22.3 Å². The molecule has 1 N–H and O–H groups in total. The van der Waals surface area contributed by atoms with Crippen molar-refractivity contribution in [1.82, 2.24) is 0 Å². The van der Waals surface area contributed by atoms with Crippen molar-refractivity contribution in [2.75, 3.05) is 0 Å². The quantitative estimate of drug-likeness (QED) is 0.384. The Balaban J connectivity index is 1.84. The van der Waals surface area contributed by atoms with E-state index in [1.54, 1.807) is 0 Å². The predicted octanol–water partition coefficient (Wildman–Crippen LogP) is 6.66. The summed E-state index contributed by atoms with van der Waals surface area (Å²) in [7, 11) is 0. The Labute approximate surface area is 177 Å². The third kappa shape index (κ3) is 4.42. The minimum atomic E-state index is -0.650. The molecule has 4 aromatic rings. The van der Waals surface area contributed by atoms with Gasteiger partial charge in [0.1, 0.15) is 0 Å². The van der Waals surface area contributed by atoms with E-state index in [1.807, 2.05) is 78.9 Å². The average Bonchev–Trinajstić information content (AvgIpc) is 2.78. The summed E-state index contributed by atoms with van der Waals surface area (Å²) in [4.78, 5) is 0. The minimum absolute atomic E-state index is 0.154. The molecule has 0 radical (unpaired) electrons. The zero-order valence-electron chi connectivity index (χ0n) is 16.0. The molecule has 0 aromatic heterocycles. The Morgan fingerprint density at radius 2 is 0.759 bits per heavy atom. The van der Waals surface area contributed by atoms with Crippen molar-refractivity contribution in [2.24, 2.45) is 0 Å². The van der Waals surface area contributed by atoms with Crippen LogP contribution < -0.4 is 0 Å². The third-order valence-corrected chi connectivity index (χ3v) is 5.64. The topological polar surface area (TPSA) is 20.2 Å². The summed E-state index contributed by atoms with van der Waals surface area (Å²) >= 11 is 6.13. The molecule has 0 aliphatic heterocycles. The summed E-state index contributed by atoms with van der Waals surface area (Å²) in [5, 5.41) is 12.5. The van der Waals surface area contributed by atoms with Crippen molar-refractivity contribution in [3.63, 3.8) is 0 Å². The molecule has 4 aromatic carbocycles. The number of aliphatic hydroxyl groups excluding tert-OH is 1. The summed E-state index contributed by atoms with van der Waals surface area (Å²) in [6.07, 6.45) is -0.650. The summed E-state index contributed by atoms with van der Waals surface area (Å²) in [6, 6.07) is 38.5. The molecule has 2 unspecified atom stereocenters. The molecule has 0 fully saturated rings. The van der Waals surface area contributed by atoms with Crippen LogP contribution >= 0.6 is 11.6 Å². The van der Waals surface area contributed by atoms with Gasteiger partial charge in [0, 0.05) is 16.9 Å². The maximum absolute atomic E-state index is 11.8. The molecule has 1 nitrogen and oxygen atoms in total. The molecular weight excluding hydrogens is 376 g/mol. The molecule has 29 heavy (non-hydrogen) atoms. The fourth-order valence-corrected chi connectivity index (χ4v) is 4.14. The van der Waals surface area contributed by atoms with Gasteiger partial charge in [0.15, 0.2) is 0 Å². The van der Waals surface area contributed by atoms with Gasteiger partial charge in [-0.1, -0.05) is 115 Å².